The zero-order valence-electron chi connectivity index (χ0n) is 16.0. The summed E-state index contributed by atoms with van der Waals surface area (Å²) in [5, 5.41) is 2.89. The summed E-state index contributed by atoms with van der Waals surface area (Å²) in [6, 6.07) is 15.5. The van der Waals surface area contributed by atoms with Gasteiger partial charge in [-0.25, -0.2) is 0 Å². The Bertz CT molecular complexity index is 894. The number of carbonyl (C=O) groups excluding carboxylic acids is 2. The van der Waals surface area contributed by atoms with Crippen LogP contribution in [0, 0.1) is 0 Å². The first kappa shape index (κ1) is 18.7. The molecule has 1 saturated heterocycles. The van der Waals surface area contributed by atoms with Gasteiger partial charge in [-0.2, -0.15) is 0 Å². The second-order valence-electron chi connectivity index (χ2n) is 7.06. The van der Waals surface area contributed by atoms with Gasteiger partial charge < -0.3 is 19.9 Å². The fraction of sp³-hybridized carbons (Fsp3) is 0.333. The number of hydrogen-bond acceptors (Lipinski definition) is 5. The van der Waals surface area contributed by atoms with Crippen molar-refractivity contribution in [2.75, 3.05) is 43.5 Å². The Morgan fingerprint density at radius 2 is 1.75 bits per heavy atom. The predicted octanol–water partition coefficient (Wildman–Crippen LogP) is 2.85. The second kappa shape index (κ2) is 7.39. The Labute approximate surface area is 168 Å². The molecule has 0 aliphatic carbocycles. The fourth-order valence-electron chi connectivity index (χ4n) is 3.57. The SMILES string of the molecule is COc1ccc(N2CCN(C(=O)C3(C)Sc4ccccc4NC3=O)CC2)cc1. The van der Waals surface area contributed by atoms with E-state index in [1.165, 1.54) is 11.8 Å². The van der Waals surface area contributed by atoms with Gasteiger partial charge in [0.1, 0.15) is 5.75 Å². The number of nitrogens with zero attached hydrogens (tertiary/aromatic N) is 2. The minimum Gasteiger partial charge on any atom is -0.497 e. The quantitative estimate of drug-likeness (QED) is 0.807. The molecule has 0 saturated carbocycles. The molecule has 2 aromatic rings. The fourth-order valence-corrected chi connectivity index (χ4v) is 4.75. The lowest BCUT2D eigenvalue weighted by Gasteiger charge is -2.41. The van der Waals surface area contributed by atoms with E-state index < -0.39 is 4.75 Å². The topological polar surface area (TPSA) is 61.9 Å². The standard InChI is InChI=1S/C21H23N3O3S/c1-21(19(25)22-17-5-3-4-6-18(17)28-21)20(26)24-13-11-23(12-14-24)15-7-9-16(27-2)10-8-15/h3-10H,11-14H2,1-2H3,(H,22,25). The van der Waals surface area contributed by atoms with E-state index in [2.05, 4.69) is 10.2 Å². The summed E-state index contributed by atoms with van der Waals surface area (Å²) in [5.74, 6) is 0.448. The van der Waals surface area contributed by atoms with E-state index in [4.69, 9.17) is 4.74 Å². The Morgan fingerprint density at radius 3 is 2.43 bits per heavy atom. The Kier molecular flexibility index (Phi) is 4.93. The van der Waals surface area contributed by atoms with E-state index in [1.54, 1.807) is 18.9 Å². The molecule has 0 radical (unpaired) electrons. The van der Waals surface area contributed by atoms with Crippen LogP contribution in [-0.2, 0) is 9.59 Å². The summed E-state index contributed by atoms with van der Waals surface area (Å²) in [4.78, 5) is 30.9. The zero-order valence-corrected chi connectivity index (χ0v) is 16.8. The molecular formula is C21H23N3O3S. The van der Waals surface area contributed by atoms with Gasteiger partial charge in [0.15, 0.2) is 4.75 Å². The molecule has 6 nitrogen and oxygen atoms in total. The molecule has 2 heterocycles. The zero-order chi connectivity index (χ0) is 19.7. The maximum atomic E-state index is 13.2. The van der Waals surface area contributed by atoms with E-state index in [9.17, 15) is 9.59 Å². The number of rotatable bonds is 3. The van der Waals surface area contributed by atoms with E-state index >= 15 is 0 Å². The van der Waals surface area contributed by atoms with Crippen LogP contribution < -0.4 is 15.0 Å². The number of amides is 2. The van der Waals surface area contributed by atoms with Crippen molar-refractivity contribution < 1.29 is 14.3 Å². The number of anilines is 2. The van der Waals surface area contributed by atoms with Crippen LogP contribution in [0.4, 0.5) is 11.4 Å². The molecule has 1 atom stereocenters. The lowest BCUT2D eigenvalue weighted by atomic mass is 10.1. The van der Waals surface area contributed by atoms with Crippen LogP contribution >= 0.6 is 11.8 Å². The Morgan fingerprint density at radius 1 is 1.07 bits per heavy atom. The van der Waals surface area contributed by atoms with Crippen molar-refractivity contribution >= 4 is 35.0 Å². The summed E-state index contributed by atoms with van der Waals surface area (Å²) >= 11 is 1.34. The molecule has 2 amide bonds. The number of para-hydroxylation sites is 1. The molecule has 2 aliphatic heterocycles. The average molecular weight is 398 g/mol. The van der Waals surface area contributed by atoms with Crippen molar-refractivity contribution in [3.05, 3.63) is 48.5 Å². The number of carbonyl (C=O) groups is 2. The molecule has 4 rings (SSSR count). The van der Waals surface area contributed by atoms with E-state index in [0.717, 1.165) is 35.1 Å². The van der Waals surface area contributed by atoms with Crippen molar-refractivity contribution in [1.82, 2.24) is 4.90 Å². The van der Waals surface area contributed by atoms with Crippen LogP contribution in [0.25, 0.3) is 0 Å². The van der Waals surface area contributed by atoms with Crippen LogP contribution in [0.2, 0.25) is 0 Å². The molecule has 1 unspecified atom stereocenters. The third-order valence-corrected chi connectivity index (χ3v) is 6.64. The van der Waals surface area contributed by atoms with Crippen molar-refractivity contribution in [3.8, 4) is 5.75 Å². The van der Waals surface area contributed by atoms with Crippen molar-refractivity contribution in [1.29, 1.82) is 0 Å². The van der Waals surface area contributed by atoms with Gasteiger partial charge in [-0.05, 0) is 43.3 Å². The maximum Gasteiger partial charge on any atom is 0.250 e. The Hall–Kier alpha value is -2.67. The molecule has 2 aliphatic rings. The largest absolute Gasteiger partial charge is 0.497 e. The number of ether oxygens (including phenoxy) is 1. The predicted molar refractivity (Wildman–Crippen MR) is 111 cm³/mol. The smallest absolute Gasteiger partial charge is 0.250 e. The molecule has 0 spiro atoms. The number of fused-ring (bicyclic) bond motifs is 1. The minimum atomic E-state index is -1.14. The molecule has 7 heteroatoms. The highest BCUT2D eigenvalue weighted by Crippen LogP contribution is 2.43. The van der Waals surface area contributed by atoms with Crippen LogP contribution in [0.3, 0.4) is 0 Å². The first-order valence-electron chi connectivity index (χ1n) is 9.29. The highest BCUT2D eigenvalue weighted by Gasteiger charge is 2.48. The van der Waals surface area contributed by atoms with Crippen molar-refractivity contribution in [2.45, 2.75) is 16.6 Å². The summed E-state index contributed by atoms with van der Waals surface area (Å²) in [7, 11) is 1.65. The normalized spacial score (nSPS) is 21.7. The van der Waals surface area contributed by atoms with Gasteiger partial charge in [0.2, 0.25) is 11.8 Å². The summed E-state index contributed by atoms with van der Waals surface area (Å²) in [5.41, 5.74) is 1.88. The molecule has 0 aromatic heterocycles. The molecule has 1 fully saturated rings. The first-order chi connectivity index (χ1) is 13.5. The Balaban J connectivity index is 1.44. The van der Waals surface area contributed by atoms with Gasteiger partial charge in [-0.15, -0.1) is 0 Å². The lowest BCUT2D eigenvalue weighted by molar-refractivity contribution is -0.137. The monoisotopic (exact) mass is 397 g/mol. The van der Waals surface area contributed by atoms with Gasteiger partial charge in [0.25, 0.3) is 0 Å². The third kappa shape index (κ3) is 3.30. The second-order valence-corrected chi connectivity index (χ2v) is 8.52. The van der Waals surface area contributed by atoms with Gasteiger partial charge in [0, 0.05) is 36.8 Å². The molecule has 1 N–H and O–H groups in total. The van der Waals surface area contributed by atoms with Gasteiger partial charge >= 0.3 is 0 Å². The molecular weight excluding hydrogens is 374 g/mol. The molecule has 28 heavy (non-hydrogen) atoms. The highest BCUT2D eigenvalue weighted by atomic mass is 32.2. The molecule has 0 bridgehead atoms. The van der Waals surface area contributed by atoms with Gasteiger partial charge in [-0.1, -0.05) is 23.9 Å². The number of benzene rings is 2. The number of piperazine rings is 1. The highest BCUT2D eigenvalue weighted by molar-refractivity contribution is 8.02. The maximum absolute atomic E-state index is 13.2. The third-order valence-electron chi connectivity index (χ3n) is 5.30. The van der Waals surface area contributed by atoms with Crippen LogP contribution in [0.1, 0.15) is 6.92 Å². The van der Waals surface area contributed by atoms with E-state index in [-0.39, 0.29) is 11.8 Å². The summed E-state index contributed by atoms with van der Waals surface area (Å²) < 4.78 is 4.06. The van der Waals surface area contributed by atoms with Gasteiger partial charge in [0.05, 0.1) is 12.8 Å². The van der Waals surface area contributed by atoms with Crippen molar-refractivity contribution in [2.24, 2.45) is 0 Å². The molecule has 2 aromatic carbocycles. The molecule has 146 valence electrons. The lowest BCUT2D eigenvalue weighted by Crippen LogP contribution is -2.58. The van der Waals surface area contributed by atoms with Crippen LogP contribution in [-0.4, -0.2) is 54.8 Å². The number of thioether (sulfide) groups is 1. The van der Waals surface area contributed by atoms with Crippen LogP contribution in [0.15, 0.2) is 53.4 Å². The number of nitrogens with one attached hydrogen (secondary N) is 1. The first-order valence-corrected chi connectivity index (χ1v) is 10.1. The van der Waals surface area contributed by atoms with E-state index in [0.29, 0.717) is 13.1 Å². The van der Waals surface area contributed by atoms with Crippen molar-refractivity contribution in [3.63, 3.8) is 0 Å². The number of methoxy groups -OCH3 is 1. The van der Waals surface area contributed by atoms with Crippen LogP contribution in [0.5, 0.6) is 5.75 Å². The summed E-state index contributed by atoms with van der Waals surface area (Å²) in [6.07, 6.45) is 0. The minimum absolute atomic E-state index is 0.126. The number of hydrogen-bond donors (Lipinski definition) is 1. The van der Waals surface area contributed by atoms with E-state index in [1.807, 2.05) is 48.5 Å². The average Bonchev–Trinajstić information content (AvgIpc) is 2.74. The summed E-state index contributed by atoms with van der Waals surface area (Å²) in [6.45, 7) is 4.38. The van der Waals surface area contributed by atoms with Gasteiger partial charge in [-0.3, -0.25) is 9.59 Å².